The fourth-order valence-electron chi connectivity index (χ4n) is 3.19. The molecule has 2 aromatic rings. The second-order valence-electron chi connectivity index (χ2n) is 6.81. The Kier molecular flexibility index (Phi) is 6.43. The monoisotopic (exact) mass is 402 g/mol. The number of aliphatic carboxylic acids is 1. The maximum Gasteiger partial charge on any atom is 0.329 e. The summed E-state index contributed by atoms with van der Waals surface area (Å²) in [6.07, 6.45) is 2.65. The third-order valence-electron chi connectivity index (χ3n) is 4.48. The minimum Gasteiger partial charge on any atom is -0.480 e. The highest BCUT2D eigenvalue weighted by atomic mass is 32.1. The number of carboxylic acid groups (broad SMARTS) is 1. The second-order valence-corrected chi connectivity index (χ2v) is 7.92. The van der Waals surface area contributed by atoms with Crippen LogP contribution in [0.4, 0.5) is 10.7 Å². The van der Waals surface area contributed by atoms with E-state index in [-0.39, 0.29) is 12.5 Å². The average Bonchev–Trinajstić information content (AvgIpc) is 2.98. The summed E-state index contributed by atoms with van der Waals surface area (Å²) in [6, 6.07) is 9.14. The molecule has 1 unspecified atom stereocenters. The molecule has 1 aliphatic carbocycles. The first-order valence-electron chi connectivity index (χ1n) is 9.04. The van der Waals surface area contributed by atoms with E-state index in [2.05, 4.69) is 17.6 Å². The fraction of sp³-hybridized carbons (Fsp3) is 0.350. The van der Waals surface area contributed by atoms with Gasteiger partial charge in [0.2, 0.25) is 0 Å². The molecule has 0 radical (unpaired) electrons. The summed E-state index contributed by atoms with van der Waals surface area (Å²) in [5.74, 6) is -1.36. The third-order valence-corrected chi connectivity index (χ3v) is 5.65. The lowest BCUT2D eigenvalue weighted by molar-refractivity contribution is -0.143. The van der Waals surface area contributed by atoms with E-state index in [1.54, 1.807) is 12.1 Å². The van der Waals surface area contributed by atoms with E-state index in [9.17, 15) is 14.4 Å². The number of thiophene rings is 1. The number of amides is 2. The van der Waals surface area contributed by atoms with Gasteiger partial charge in [-0.05, 0) is 42.9 Å². The smallest absolute Gasteiger partial charge is 0.329 e. The van der Waals surface area contributed by atoms with Gasteiger partial charge < -0.3 is 20.5 Å². The number of carbonyl (C=O) groups excluding carboxylic acids is 2. The van der Waals surface area contributed by atoms with Gasteiger partial charge in [-0.15, -0.1) is 11.3 Å². The Morgan fingerprint density at radius 1 is 1.18 bits per heavy atom. The zero-order valence-electron chi connectivity index (χ0n) is 15.5. The minimum absolute atomic E-state index is 0.264. The molecule has 3 N–H and O–H groups in total. The van der Waals surface area contributed by atoms with Crippen molar-refractivity contribution in [1.29, 1.82) is 0 Å². The molecule has 0 saturated carbocycles. The predicted molar refractivity (Wildman–Crippen MR) is 107 cm³/mol. The van der Waals surface area contributed by atoms with Crippen molar-refractivity contribution in [3.8, 4) is 0 Å². The van der Waals surface area contributed by atoms with Crippen molar-refractivity contribution in [2.45, 2.75) is 26.2 Å². The van der Waals surface area contributed by atoms with Gasteiger partial charge in [0.25, 0.3) is 11.8 Å². The van der Waals surface area contributed by atoms with Crippen LogP contribution in [0.2, 0.25) is 0 Å². The number of ether oxygens (including phenoxy) is 1. The van der Waals surface area contributed by atoms with Crippen LogP contribution in [0.25, 0.3) is 0 Å². The lowest BCUT2D eigenvalue weighted by Gasteiger charge is -2.18. The highest BCUT2D eigenvalue weighted by molar-refractivity contribution is 7.17. The standard InChI is InChI=1S/C20H22N2O5S/c1-12-7-8-14-15(9-12)28-20(22-16(23)10-27-11-17(24)25)18(14)19(26)21-13-5-3-2-4-6-13/h2-6,12H,7-11H2,1H3,(H,21,26)(H,22,23)(H,24,25). The molecule has 0 fully saturated rings. The fourth-order valence-corrected chi connectivity index (χ4v) is 4.61. The van der Waals surface area contributed by atoms with E-state index < -0.39 is 18.5 Å². The Hall–Kier alpha value is -2.71. The average molecular weight is 402 g/mol. The number of fused-ring (bicyclic) bond motifs is 1. The molecule has 2 amide bonds. The molecule has 0 saturated heterocycles. The lowest BCUT2D eigenvalue weighted by Crippen LogP contribution is -2.22. The SMILES string of the molecule is CC1CCc2c(sc(NC(=O)COCC(=O)O)c2C(=O)Nc2ccccc2)C1. The Morgan fingerprint density at radius 2 is 1.93 bits per heavy atom. The van der Waals surface area contributed by atoms with Gasteiger partial charge in [-0.2, -0.15) is 0 Å². The number of hydrogen-bond acceptors (Lipinski definition) is 5. The zero-order valence-corrected chi connectivity index (χ0v) is 16.3. The first kappa shape index (κ1) is 20.0. The Morgan fingerprint density at radius 3 is 2.64 bits per heavy atom. The van der Waals surface area contributed by atoms with Crippen LogP contribution in [0.3, 0.4) is 0 Å². The number of hydrogen-bond donors (Lipinski definition) is 3. The third kappa shape index (κ3) is 4.96. The molecule has 148 valence electrons. The molecule has 1 aromatic carbocycles. The zero-order chi connectivity index (χ0) is 20.1. The van der Waals surface area contributed by atoms with Gasteiger partial charge in [0.15, 0.2) is 0 Å². The Bertz CT molecular complexity index is 878. The van der Waals surface area contributed by atoms with Crippen LogP contribution < -0.4 is 10.6 Å². The largest absolute Gasteiger partial charge is 0.480 e. The van der Waals surface area contributed by atoms with Crippen LogP contribution in [0.5, 0.6) is 0 Å². The van der Waals surface area contributed by atoms with Crippen LogP contribution in [-0.2, 0) is 27.2 Å². The van der Waals surface area contributed by atoms with Crippen molar-refractivity contribution >= 4 is 39.8 Å². The van der Waals surface area contributed by atoms with Gasteiger partial charge in [0.05, 0.1) is 5.56 Å². The molecule has 0 bridgehead atoms. The maximum atomic E-state index is 13.0. The molecule has 1 atom stereocenters. The number of carboxylic acids is 1. The number of benzene rings is 1. The van der Waals surface area contributed by atoms with Gasteiger partial charge in [0, 0.05) is 10.6 Å². The topological polar surface area (TPSA) is 105 Å². The van der Waals surface area contributed by atoms with Crippen LogP contribution >= 0.6 is 11.3 Å². The molecule has 8 heteroatoms. The molecule has 3 rings (SSSR count). The molecule has 1 heterocycles. The van der Waals surface area contributed by atoms with Gasteiger partial charge in [0.1, 0.15) is 18.2 Å². The summed E-state index contributed by atoms with van der Waals surface area (Å²) in [7, 11) is 0. The second kappa shape index (κ2) is 8.99. The van der Waals surface area contributed by atoms with Crippen LogP contribution in [-0.4, -0.2) is 36.1 Å². The quantitative estimate of drug-likeness (QED) is 0.660. The minimum atomic E-state index is -1.14. The van der Waals surface area contributed by atoms with E-state index >= 15 is 0 Å². The van der Waals surface area contributed by atoms with Gasteiger partial charge in [-0.1, -0.05) is 25.1 Å². The highest BCUT2D eigenvalue weighted by Gasteiger charge is 2.28. The number of carbonyl (C=O) groups is 3. The van der Waals surface area contributed by atoms with Gasteiger partial charge >= 0.3 is 5.97 Å². The van der Waals surface area contributed by atoms with E-state index in [0.29, 0.717) is 22.2 Å². The number of nitrogens with one attached hydrogen (secondary N) is 2. The molecule has 0 aliphatic heterocycles. The predicted octanol–water partition coefficient (Wildman–Crippen LogP) is 3.16. The van der Waals surface area contributed by atoms with Crippen LogP contribution in [0.15, 0.2) is 30.3 Å². The van der Waals surface area contributed by atoms with Crippen molar-refractivity contribution in [1.82, 2.24) is 0 Å². The summed E-state index contributed by atoms with van der Waals surface area (Å²) >= 11 is 1.41. The van der Waals surface area contributed by atoms with Crippen molar-refractivity contribution in [2.75, 3.05) is 23.8 Å². The van der Waals surface area contributed by atoms with Crippen LogP contribution in [0.1, 0.15) is 34.1 Å². The Balaban J connectivity index is 1.81. The summed E-state index contributed by atoms with van der Waals surface area (Å²) in [5, 5.41) is 14.7. The van der Waals surface area contributed by atoms with E-state index in [4.69, 9.17) is 9.84 Å². The van der Waals surface area contributed by atoms with Crippen molar-refractivity contribution in [3.63, 3.8) is 0 Å². The molecule has 28 heavy (non-hydrogen) atoms. The Labute approximate surface area is 166 Å². The molecule has 0 spiro atoms. The maximum absolute atomic E-state index is 13.0. The highest BCUT2D eigenvalue weighted by Crippen LogP contribution is 2.40. The number of para-hydroxylation sites is 1. The summed E-state index contributed by atoms with van der Waals surface area (Å²) in [5.41, 5.74) is 2.15. The van der Waals surface area contributed by atoms with Gasteiger partial charge in [-0.3, -0.25) is 9.59 Å². The molecular formula is C20H22N2O5S. The molecular weight excluding hydrogens is 380 g/mol. The van der Waals surface area contributed by atoms with Crippen LogP contribution in [0, 0.1) is 5.92 Å². The van der Waals surface area contributed by atoms with Crippen molar-refractivity contribution in [2.24, 2.45) is 5.92 Å². The molecule has 1 aliphatic rings. The first-order valence-corrected chi connectivity index (χ1v) is 9.86. The van der Waals surface area contributed by atoms with E-state index in [1.165, 1.54) is 11.3 Å². The summed E-state index contributed by atoms with van der Waals surface area (Å²) < 4.78 is 4.84. The van der Waals surface area contributed by atoms with Gasteiger partial charge in [-0.25, -0.2) is 4.79 Å². The normalized spacial score (nSPS) is 15.5. The first-order chi connectivity index (χ1) is 13.4. The molecule has 7 nitrogen and oxygen atoms in total. The van der Waals surface area contributed by atoms with E-state index in [1.807, 2.05) is 18.2 Å². The lowest BCUT2D eigenvalue weighted by atomic mass is 9.88. The summed E-state index contributed by atoms with van der Waals surface area (Å²) in [6.45, 7) is 1.24. The van der Waals surface area contributed by atoms with Crippen molar-refractivity contribution in [3.05, 3.63) is 46.3 Å². The summed E-state index contributed by atoms with van der Waals surface area (Å²) in [4.78, 5) is 36.7. The molecule has 1 aromatic heterocycles. The number of anilines is 2. The number of rotatable bonds is 7. The van der Waals surface area contributed by atoms with Crippen molar-refractivity contribution < 1.29 is 24.2 Å². The van der Waals surface area contributed by atoms with E-state index in [0.717, 1.165) is 29.7 Å².